The molecule has 1 aliphatic carbocycles. The molecule has 42 heavy (non-hydrogen) atoms. The first-order valence-corrected chi connectivity index (χ1v) is 17.4. The van der Waals surface area contributed by atoms with Crippen molar-refractivity contribution in [3.63, 3.8) is 0 Å². The summed E-state index contributed by atoms with van der Waals surface area (Å²) in [7, 11) is -1.78. The zero-order valence-electron chi connectivity index (χ0n) is 25.7. The van der Waals surface area contributed by atoms with Crippen LogP contribution < -0.4 is 15.9 Å². The van der Waals surface area contributed by atoms with Crippen LogP contribution in [0.2, 0.25) is 0 Å². The fourth-order valence-corrected chi connectivity index (χ4v) is 10.7. The van der Waals surface area contributed by atoms with Crippen LogP contribution in [0, 0.1) is 0 Å². The fraction of sp³-hybridized carbons (Fsp3) is 0.368. The zero-order chi connectivity index (χ0) is 30.2. The molecule has 1 atom stereocenters. The van der Waals surface area contributed by atoms with E-state index < -0.39 is 12.9 Å². The quantitative estimate of drug-likeness (QED) is 0.121. The molecule has 3 aromatic rings. The number of aliphatic hydroxyl groups is 1. The average molecular weight is 582 g/mol. The van der Waals surface area contributed by atoms with Crippen molar-refractivity contribution in [3.05, 3.63) is 113 Å². The third-order valence-corrected chi connectivity index (χ3v) is 13.6. The molecule has 0 bridgehead atoms. The summed E-state index contributed by atoms with van der Waals surface area (Å²) in [6, 6.07) is 33.2. The molecule has 4 heteroatoms. The van der Waals surface area contributed by atoms with Crippen LogP contribution in [0.4, 0.5) is 0 Å². The number of unbranched alkanes of at least 4 members (excludes halogenated alkanes) is 4. The molecule has 0 spiro atoms. The highest BCUT2D eigenvalue weighted by Crippen LogP contribution is 2.56. The van der Waals surface area contributed by atoms with Gasteiger partial charge in [0.15, 0.2) is 11.6 Å². The van der Waals surface area contributed by atoms with Crippen LogP contribution in [0.3, 0.4) is 0 Å². The normalized spacial score (nSPS) is 15.7. The van der Waals surface area contributed by atoms with Gasteiger partial charge in [0, 0.05) is 22.3 Å². The number of carbonyl (C=O) groups is 2. The van der Waals surface area contributed by atoms with Crippen molar-refractivity contribution in [2.45, 2.75) is 84.7 Å². The summed E-state index contributed by atoms with van der Waals surface area (Å²) in [5.74, 6) is -0.0826. The number of ketones is 2. The van der Waals surface area contributed by atoms with Crippen molar-refractivity contribution in [1.29, 1.82) is 0 Å². The lowest BCUT2D eigenvalue weighted by molar-refractivity contribution is -0.116. The third kappa shape index (κ3) is 7.25. The lowest BCUT2D eigenvalue weighted by atomic mass is 9.81. The van der Waals surface area contributed by atoms with Crippen LogP contribution in [0.25, 0.3) is 0 Å². The molecule has 0 aliphatic heterocycles. The molecule has 3 aromatic carbocycles. The summed E-state index contributed by atoms with van der Waals surface area (Å²) in [6.07, 6.45) is 8.23. The van der Waals surface area contributed by atoms with Crippen LogP contribution in [-0.2, 0) is 9.59 Å². The molecule has 220 valence electrons. The van der Waals surface area contributed by atoms with Crippen molar-refractivity contribution in [3.8, 4) is 0 Å². The molecule has 0 radical (unpaired) electrons. The summed E-state index contributed by atoms with van der Waals surface area (Å²) in [6.45, 7) is 7.05. The Kier molecular flexibility index (Phi) is 10.9. The summed E-state index contributed by atoms with van der Waals surface area (Å²) >= 11 is 0. The van der Waals surface area contributed by atoms with Crippen molar-refractivity contribution in [2.75, 3.05) is 6.16 Å². The first-order valence-electron chi connectivity index (χ1n) is 15.4. The SMILES string of the molecule is CC1=C(C)C(=O)C(CCC(C)(O)CCCCCCC[P+](c2ccccc2)(c2ccccc2)c2ccccc2)=C(C)C1=O. The van der Waals surface area contributed by atoms with Gasteiger partial charge in [0.2, 0.25) is 0 Å². The van der Waals surface area contributed by atoms with Gasteiger partial charge in [-0.3, -0.25) is 9.59 Å². The molecule has 0 heterocycles. The Morgan fingerprint density at radius 3 is 1.50 bits per heavy atom. The second-order valence-electron chi connectivity index (χ2n) is 12.1. The van der Waals surface area contributed by atoms with Crippen molar-refractivity contribution < 1.29 is 14.7 Å². The summed E-state index contributed by atoms with van der Waals surface area (Å²) in [4.78, 5) is 25.3. The smallest absolute Gasteiger partial charge is 0.185 e. The molecule has 0 aromatic heterocycles. The van der Waals surface area contributed by atoms with Gasteiger partial charge < -0.3 is 5.11 Å². The number of allylic oxidation sites excluding steroid dienone is 4. The lowest BCUT2D eigenvalue weighted by Gasteiger charge is -2.28. The molecule has 1 unspecified atom stereocenters. The topological polar surface area (TPSA) is 54.4 Å². The third-order valence-electron chi connectivity index (χ3n) is 9.02. The van der Waals surface area contributed by atoms with E-state index in [-0.39, 0.29) is 11.6 Å². The maximum atomic E-state index is 12.8. The predicted molar refractivity (Wildman–Crippen MR) is 179 cm³/mol. The maximum absolute atomic E-state index is 12.8. The van der Waals surface area contributed by atoms with E-state index in [0.29, 0.717) is 41.6 Å². The summed E-state index contributed by atoms with van der Waals surface area (Å²) in [5.41, 5.74) is 1.35. The molecule has 0 saturated carbocycles. The molecule has 1 aliphatic rings. The van der Waals surface area contributed by atoms with E-state index in [0.717, 1.165) is 38.3 Å². The van der Waals surface area contributed by atoms with Crippen LogP contribution in [0.1, 0.15) is 79.1 Å². The van der Waals surface area contributed by atoms with Gasteiger partial charge in [-0.1, -0.05) is 73.9 Å². The summed E-state index contributed by atoms with van der Waals surface area (Å²) < 4.78 is 0. The first kappa shape index (κ1) is 31.8. The Morgan fingerprint density at radius 1 is 0.571 bits per heavy atom. The minimum absolute atomic E-state index is 0.0409. The minimum atomic E-state index is -1.78. The maximum Gasteiger partial charge on any atom is 0.185 e. The number of rotatable bonds is 14. The number of carbonyl (C=O) groups excluding carboxylic acids is 2. The van der Waals surface area contributed by atoms with Gasteiger partial charge in [0.05, 0.1) is 11.8 Å². The van der Waals surface area contributed by atoms with E-state index in [9.17, 15) is 14.7 Å². The number of Topliss-reactive ketones (excluding diaryl/α,β-unsaturated/α-hetero) is 2. The molecular formula is C38H46O3P+. The van der Waals surface area contributed by atoms with Crippen LogP contribution in [0.15, 0.2) is 113 Å². The standard InChI is InChI=1S/C38H46O3P/c1-29-30(2)37(40)35(31(3)36(29)39)25-27-38(4,41)26-17-6-5-7-18-28-42(32-19-11-8-12-20-32,33-21-13-9-14-22-33)34-23-15-10-16-24-34/h8-16,19-24,41H,5-7,17-18,25-28H2,1-4H3/q+1. The van der Waals surface area contributed by atoms with Gasteiger partial charge in [0.25, 0.3) is 0 Å². The number of hydrogen-bond acceptors (Lipinski definition) is 3. The summed E-state index contributed by atoms with van der Waals surface area (Å²) in [5, 5.41) is 15.4. The van der Waals surface area contributed by atoms with Crippen LogP contribution in [-0.4, -0.2) is 28.4 Å². The van der Waals surface area contributed by atoms with Crippen LogP contribution >= 0.6 is 7.26 Å². The van der Waals surface area contributed by atoms with Crippen molar-refractivity contribution >= 4 is 34.7 Å². The van der Waals surface area contributed by atoms with Gasteiger partial charge >= 0.3 is 0 Å². The Labute approximate surface area is 253 Å². The Morgan fingerprint density at radius 2 is 1.00 bits per heavy atom. The van der Waals surface area contributed by atoms with Gasteiger partial charge in [-0.15, -0.1) is 0 Å². The Hall–Kier alpha value is -3.13. The minimum Gasteiger partial charge on any atom is -0.390 e. The second-order valence-corrected chi connectivity index (χ2v) is 15.7. The van der Waals surface area contributed by atoms with E-state index in [1.165, 1.54) is 15.9 Å². The fourth-order valence-electron chi connectivity index (χ4n) is 6.24. The van der Waals surface area contributed by atoms with E-state index in [2.05, 4.69) is 91.0 Å². The second kappa shape index (κ2) is 14.4. The molecule has 3 nitrogen and oxygen atoms in total. The van der Waals surface area contributed by atoms with Gasteiger partial charge in [-0.2, -0.15) is 0 Å². The molecule has 4 rings (SSSR count). The van der Waals surface area contributed by atoms with E-state index in [1.807, 2.05) is 6.92 Å². The molecule has 0 amide bonds. The van der Waals surface area contributed by atoms with Crippen molar-refractivity contribution in [2.24, 2.45) is 0 Å². The highest BCUT2D eigenvalue weighted by Gasteiger charge is 2.44. The molecular weight excluding hydrogens is 535 g/mol. The monoisotopic (exact) mass is 581 g/mol. The lowest BCUT2D eigenvalue weighted by Crippen LogP contribution is -2.33. The number of benzene rings is 3. The highest BCUT2D eigenvalue weighted by molar-refractivity contribution is 7.95. The predicted octanol–water partition coefficient (Wildman–Crippen LogP) is 7.66. The molecule has 1 N–H and O–H groups in total. The van der Waals surface area contributed by atoms with Gasteiger partial charge in [0.1, 0.15) is 23.2 Å². The van der Waals surface area contributed by atoms with E-state index in [1.54, 1.807) is 20.8 Å². The highest BCUT2D eigenvalue weighted by atomic mass is 31.2. The Bertz CT molecular complexity index is 1320. The van der Waals surface area contributed by atoms with E-state index >= 15 is 0 Å². The average Bonchev–Trinajstić information content (AvgIpc) is 3.02. The molecule has 0 fully saturated rings. The first-order chi connectivity index (χ1) is 20.2. The van der Waals surface area contributed by atoms with E-state index in [4.69, 9.17) is 0 Å². The van der Waals surface area contributed by atoms with Crippen LogP contribution in [0.5, 0.6) is 0 Å². The van der Waals surface area contributed by atoms with Gasteiger partial charge in [-0.05, 0) is 96.2 Å². The van der Waals surface area contributed by atoms with Crippen molar-refractivity contribution in [1.82, 2.24) is 0 Å². The zero-order valence-corrected chi connectivity index (χ0v) is 26.6. The largest absolute Gasteiger partial charge is 0.390 e. The number of hydrogen-bond donors (Lipinski definition) is 1. The Balaban J connectivity index is 1.32. The molecule has 0 saturated heterocycles. The van der Waals surface area contributed by atoms with Gasteiger partial charge in [-0.25, -0.2) is 0 Å².